The smallest absolute Gasteiger partial charge is 0.328 e. The highest BCUT2D eigenvalue weighted by Gasteiger charge is 2.77. The SMILES string of the molecule is CCOC(=O)C1(C#N)C(c2cccc(Cl)c2)C1S(=O)(=O)c1ccc(Cl)cc1. The Labute approximate surface area is 167 Å². The van der Waals surface area contributed by atoms with Crippen LogP contribution in [-0.2, 0) is 19.4 Å². The van der Waals surface area contributed by atoms with Gasteiger partial charge in [0.25, 0.3) is 0 Å². The number of rotatable bonds is 5. The van der Waals surface area contributed by atoms with Crippen molar-refractivity contribution in [3.63, 3.8) is 0 Å². The third-order valence-electron chi connectivity index (χ3n) is 4.62. The van der Waals surface area contributed by atoms with E-state index in [0.29, 0.717) is 15.6 Å². The standard InChI is InChI=1S/C19H15Cl2NO4S/c1-2-26-18(23)19(11-22)16(12-4-3-5-14(21)10-12)17(19)27(24,25)15-8-6-13(20)7-9-15/h3-10,16-17H,2H2,1H3. The van der Waals surface area contributed by atoms with E-state index in [0.717, 1.165) is 0 Å². The van der Waals surface area contributed by atoms with Crippen LogP contribution in [0.2, 0.25) is 10.0 Å². The third kappa shape index (κ3) is 3.20. The molecule has 0 radical (unpaired) electrons. The van der Waals surface area contributed by atoms with E-state index in [1.54, 1.807) is 31.2 Å². The van der Waals surface area contributed by atoms with Crippen LogP contribution in [0.1, 0.15) is 18.4 Å². The molecule has 27 heavy (non-hydrogen) atoms. The Morgan fingerprint density at radius 2 is 1.85 bits per heavy atom. The molecule has 2 aromatic rings. The first-order chi connectivity index (χ1) is 12.8. The van der Waals surface area contributed by atoms with Gasteiger partial charge in [0.05, 0.1) is 17.6 Å². The molecule has 0 spiro atoms. The summed E-state index contributed by atoms with van der Waals surface area (Å²) in [6.45, 7) is 1.64. The third-order valence-corrected chi connectivity index (χ3v) is 7.34. The van der Waals surface area contributed by atoms with Crippen molar-refractivity contribution in [3.8, 4) is 6.07 Å². The average molecular weight is 424 g/mol. The molecule has 2 aromatic carbocycles. The molecule has 1 saturated carbocycles. The summed E-state index contributed by atoms with van der Waals surface area (Å²) in [4.78, 5) is 12.6. The number of halogens is 2. The van der Waals surface area contributed by atoms with Gasteiger partial charge in [-0.15, -0.1) is 0 Å². The van der Waals surface area contributed by atoms with Crippen LogP contribution in [0.5, 0.6) is 0 Å². The van der Waals surface area contributed by atoms with Gasteiger partial charge in [0.1, 0.15) is 5.25 Å². The molecule has 1 aliphatic carbocycles. The number of hydrogen-bond donors (Lipinski definition) is 0. The fraction of sp³-hybridized carbons (Fsp3) is 0.263. The van der Waals surface area contributed by atoms with E-state index in [1.165, 1.54) is 24.3 Å². The van der Waals surface area contributed by atoms with Crippen molar-refractivity contribution in [1.29, 1.82) is 5.26 Å². The molecule has 140 valence electrons. The maximum Gasteiger partial charge on any atom is 0.328 e. The first-order valence-electron chi connectivity index (χ1n) is 8.12. The average Bonchev–Trinajstić information content (AvgIpc) is 3.34. The summed E-state index contributed by atoms with van der Waals surface area (Å²) >= 11 is 11.9. The quantitative estimate of drug-likeness (QED) is 0.678. The second kappa shape index (κ2) is 7.16. The topological polar surface area (TPSA) is 84.2 Å². The highest BCUT2D eigenvalue weighted by atomic mass is 35.5. The van der Waals surface area contributed by atoms with Crippen LogP contribution in [0.25, 0.3) is 0 Å². The number of carbonyl (C=O) groups excluding carboxylic acids is 1. The number of nitrogens with zero attached hydrogens (tertiary/aromatic N) is 1. The number of ether oxygens (including phenoxy) is 1. The Hall–Kier alpha value is -2.07. The number of sulfone groups is 1. The molecule has 0 bridgehead atoms. The Morgan fingerprint density at radius 3 is 2.41 bits per heavy atom. The monoisotopic (exact) mass is 423 g/mol. The van der Waals surface area contributed by atoms with E-state index in [2.05, 4.69) is 0 Å². The van der Waals surface area contributed by atoms with Gasteiger partial charge in [-0.1, -0.05) is 35.3 Å². The zero-order valence-electron chi connectivity index (χ0n) is 14.2. The molecular formula is C19H15Cl2NO4S. The zero-order valence-corrected chi connectivity index (χ0v) is 16.6. The molecule has 3 atom stereocenters. The molecule has 8 heteroatoms. The lowest BCUT2D eigenvalue weighted by Crippen LogP contribution is -2.25. The van der Waals surface area contributed by atoms with Crippen molar-refractivity contribution in [3.05, 3.63) is 64.1 Å². The molecule has 1 fully saturated rings. The van der Waals surface area contributed by atoms with Gasteiger partial charge in [-0.05, 0) is 48.9 Å². The summed E-state index contributed by atoms with van der Waals surface area (Å²) in [7, 11) is -4.00. The largest absolute Gasteiger partial charge is 0.465 e. The highest BCUT2D eigenvalue weighted by molar-refractivity contribution is 7.92. The second-order valence-electron chi connectivity index (χ2n) is 6.15. The van der Waals surface area contributed by atoms with Crippen molar-refractivity contribution in [1.82, 2.24) is 0 Å². The maximum atomic E-state index is 13.2. The van der Waals surface area contributed by atoms with E-state index < -0.39 is 32.4 Å². The number of esters is 1. The van der Waals surface area contributed by atoms with Gasteiger partial charge in [0.15, 0.2) is 15.3 Å². The van der Waals surface area contributed by atoms with Crippen molar-refractivity contribution in [2.24, 2.45) is 5.41 Å². The fourth-order valence-electron chi connectivity index (χ4n) is 3.36. The number of nitriles is 1. The van der Waals surface area contributed by atoms with E-state index in [1.807, 2.05) is 6.07 Å². The minimum Gasteiger partial charge on any atom is -0.465 e. The van der Waals surface area contributed by atoms with Gasteiger partial charge < -0.3 is 4.74 Å². The summed E-state index contributed by atoms with van der Waals surface area (Å²) in [6.07, 6.45) is 0. The predicted octanol–water partition coefficient (Wildman–Crippen LogP) is 4.01. The van der Waals surface area contributed by atoms with Crippen molar-refractivity contribution < 1.29 is 17.9 Å². The highest BCUT2D eigenvalue weighted by Crippen LogP contribution is 2.64. The zero-order chi connectivity index (χ0) is 19.8. The van der Waals surface area contributed by atoms with Crippen molar-refractivity contribution in [2.75, 3.05) is 6.61 Å². The van der Waals surface area contributed by atoms with Crippen LogP contribution in [0.3, 0.4) is 0 Å². The van der Waals surface area contributed by atoms with Crippen LogP contribution in [0, 0.1) is 16.7 Å². The fourth-order valence-corrected chi connectivity index (χ4v) is 5.93. The molecule has 3 unspecified atom stereocenters. The van der Waals surface area contributed by atoms with E-state index in [9.17, 15) is 18.5 Å². The van der Waals surface area contributed by atoms with Gasteiger partial charge in [0, 0.05) is 16.0 Å². The lowest BCUT2D eigenvalue weighted by atomic mass is 10.0. The van der Waals surface area contributed by atoms with Gasteiger partial charge in [-0.2, -0.15) is 5.26 Å². The van der Waals surface area contributed by atoms with E-state index >= 15 is 0 Å². The van der Waals surface area contributed by atoms with Crippen molar-refractivity contribution in [2.45, 2.75) is 23.0 Å². The molecule has 0 saturated heterocycles. The molecule has 0 aromatic heterocycles. The summed E-state index contributed by atoms with van der Waals surface area (Å²) in [5, 5.41) is 9.31. The Balaban J connectivity index is 2.14. The van der Waals surface area contributed by atoms with Crippen LogP contribution in [0.15, 0.2) is 53.4 Å². The van der Waals surface area contributed by atoms with Crippen molar-refractivity contribution >= 4 is 39.0 Å². The first kappa shape index (κ1) is 19.7. The first-order valence-corrected chi connectivity index (χ1v) is 10.4. The van der Waals surface area contributed by atoms with Gasteiger partial charge in [-0.3, -0.25) is 4.79 Å². The summed E-state index contributed by atoms with van der Waals surface area (Å²) in [6, 6.07) is 14.0. The van der Waals surface area contributed by atoms with E-state index in [4.69, 9.17) is 27.9 Å². The second-order valence-corrected chi connectivity index (χ2v) is 9.10. The summed E-state index contributed by atoms with van der Waals surface area (Å²) in [5.41, 5.74) is -1.32. The molecule has 0 amide bonds. The Morgan fingerprint density at radius 1 is 1.19 bits per heavy atom. The van der Waals surface area contributed by atoms with Gasteiger partial charge in [0.2, 0.25) is 0 Å². The minimum absolute atomic E-state index is 0.00893. The van der Waals surface area contributed by atoms with Gasteiger partial charge >= 0.3 is 5.97 Å². The summed E-state index contributed by atoms with van der Waals surface area (Å²) < 4.78 is 31.5. The summed E-state index contributed by atoms with van der Waals surface area (Å²) in [5.74, 6) is -1.72. The van der Waals surface area contributed by atoms with Crippen LogP contribution in [0.4, 0.5) is 0 Å². The Kier molecular flexibility index (Phi) is 5.22. The molecule has 0 N–H and O–H groups in total. The lowest BCUT2D eigenvalue weighted by molar-refractivity contribution is -0.147. The van der Waals surface area contributed by atoms with E-state index in [-0.39, 0.29) is 11.5 Å². The lowest BCUT2D eigenvalue weighted by Gasteiger charge is -2.09. The van der Waals surface area contributed by atoms with Crippen LogP contribution in [-0.4, -0.2) is 26.2 Å². The molecule has 1 aliphatic rings. The molecule has 0 aliphatic heterocycles. The van der Waals surface area contributed by atoms with Gasteiger partial charge in [-0.25, -0.2) is 8.42 Å². The minimum atomic E-state index is -4.00. The predicted molar refractivity (Wildman–Crippen MR) is 101 cm³/mol. The molecule has 0 heterocycles. The molecule has 5 nitrogen and oxygen atoms in total. The number of carbonyl (C=O) groups is 1. The normalized spacial score (nSPS) is 24.1. The number of benzene rings is 2. The van der Waals surface area contributed by atoms with Crippen LogP contribution < -0.4 is 0 Å². The molecular weight excluding hydrogens is 409 g/mol. The number of hydrogen-bond acceptors (Lipinski definition) is 5. The van der Waals surface area contributed by atoms with Crippen LogP contribution >= 0.6 is 23.2 Å². The maximum absolute atomic E-state index is 13.2. The Bertz CT molecular complexity index is 1030. The molecule has 3 rings (SSSR count).